The van der Waals surface area contributed by atoms with E-state index in [-0.39, 0.29) is 0 Å². The van der Waals surface area contributed by atoms with Gasteiger partial charge in [0.1, 0.15) is 0 Å². The zero-order valence-electron chi connectivity index (χ0n) is 11.2. The van der Waals surface area contributed by atoms with Crippen LogP contribution in [0.2, 0.25) is 0 Å². The summed E-state index contributed by atoms with van der Waals surface area (Å²) in [5.41, 5.74) is 0. The second kappa shape index (κ2) is 4.97. The molecule has 2 saturated heterocycles. The molecule has 1 N–H and O–H groups in total. The first kappa shape index (κ1) is 12.1. The van der Waals surface area contributed by atoms with Gasteiger partial charge < -0.3 is 9.84 Å². The van der Waals surface area contributed by atoms with Crippen molar-refractivity contribution >= 4 is 0 Å². The first-order chi connectivity index (χ1) is 8.76. The van der Waals surface area contributed by atoms with E-state index < -0.39 is 0 Å². The fraction of sp³-hybridized carbons (Fsp3) is 0.846. The van der Waals surface area contributed by atoms with E-state index in [9.17, 15) is 0 Å². The summed E-state index contributed by atoms with van der Waals surface area (Å²) in [6.07, 6.45) is 6.48. The van der Waals surface area contributed by atoms with Gasteiger partial charge in [0.25, 0.3) is 0 Å². The summed E-state index contributed by atoms with van der Waals surface area (Å²) >= 11 is 0. The predicted octanol–water partition coefficient (Wildman–Crippen LogP) is 1.48. The van der Waals surface area contributed by atoms with Gasteiger partial charge in [-0.1, -0.05) is 11.6 Å². The van der Waals surface area contributed by atoms with Crippen LogP contribution in [0.5, 0.6) is 0 Å². The summed E-state index contributed by atoms with van der Waals surface area (Å²) in [7, 11) is 2.08. The lowest BCUT2D eigenvalue weighted by Gasteiger charge is -2.48. The first-order valence-electron chi connectivity index (χ1n) is 6.98. The standard InChI is InChI=1S/C13H22N4O/c1-9-15-13(18-16-9)8-17-11-4-3-5-12(17)7-10(6-11)14-2/h10-12,14H,3-8H2,1-2H3. The monoisotopic (exact) mass is 250 g/mol. The molecule has 1 aromatic heterocycles. The van der Waals surface area contributed by atoms with Crippen molar-refractivity contribution in [3.05, 3.63) is 11.7 Å². The Labute approximate surface area is 108 Å². The molecule has 0 aromatic carbocycles. The Balaban J connectivity index is 1.71. The molecule has 0 amide bonds. The van der Waals surface area contributed by atoms with Crippen LogP contribution in [0.15, 0.2) is 4.52 Å². The number of aryl methyl sites for hydroxylation is 1. The van der Waals surface area contributed by atoms with Crippen LogP contribution in [0, 0.1) is 6.92 Å². The minimum absolute atomic E-state index is 0.681. The van der Waals surface area contributed by atoms with Gasteiger partial charge in [0.15, 0.2) is 5.82 Å². The van der Waals surface area contributed by atoms with Crippen LogP contribution in [0.1, 0.15) is 43.8 Å². The summed E-state index contributed by atoms with van der Waals surface area (Å²) < 4.78 is 5.27. The molecule has 0 aliphatic carbocycles. The maximum Gasteiger partial charge on any atom is 0.240 e. The summed E-state index contributed by atoms with van der Waals surface area (Å²) in [4.78, 5) is 6.92. The highest BCUT2D eigenvalue weighted by Crippen LogP contribution is 2.34. The summed E-state index contributed by atoms with van der Waals surface area (Å²) in [5, 5.41) is 7.32. The molecule has 0 saturated carbocycles. The van der Waals surface area contributed by atoms with E-state index in [1.54, 1.807) is 0 Å². The van der Waals surface area contributed by atoms with Crippen molar-refractivity contribution in [2.75, 3.05) is 7.05 Å². The molecular weight excluding hydrogens is 228 g/mol. The molecule has 0 radical (unpaired) electrons. The van der Waals surface area contributed by atoms with E-state index in [0.29, 0.717) is 18.1 Å². The lowest BCUT2D eigenvalue weighted by molar-refractivity contribution is 0.0115. The third kappa shape index (κ3) is 2.29. The Kier molecular flexibility index (Phi) is 3.35. The zero-order valence-corrected chi connectivity index (χ0v) is 11.2. The highest BCUT2D eigenvalue weighted by atomic mass is 16.5. The minimum atomic E-state index is 0.681. The van der Waals surface area contributed by atoms with Crippen molar-refractivity contribution in [1.82, 2.24) is 20.4 Å². The van der Waals surface area contributed by atoms with Crippen molar-refractivity contribution in [2.45, 2.75) is 63.7 Å². The van der Waals surface area contributed by atoms with Gasteiger partial charge in [0.05, 0.1) is 6.54 Å². The first-order valence-corrected chi connectivity index (χ1v) is 6.98. The van der Waals surface area contributed by atoms with Crippen LogP contribution in [0.25, 0.3) is 0 Å². The fourth-order valence-electron chi connectivity index (χ4n) is 3.53. The average molecular weight is 250 g/mol. The molecule has 2 bridgehead atoms. The molecule has 3 heterocycles. The van der Waals surface area contributed by atoms with Gasteiger partial charge in [-0.3, -0.25) is 4.90 Å². The van der Waals surface area contributed by atoms with Gasteiger partial charge in [0.2, 0.25) is 5.89 Å². The van der Waals surface area contributed by atoms with E-state index in [1.807, 2.05) is 6.92 Å². The zero-order chi connectivity index (χ0) is 12.5. The SMILES string of the molecule is CNC1CC2CCCC(C1)N2Cc1nc(C)no1. The molecule has 2 atom stereocenters. The molecule has 5 heteroatoms. The highest BCUT2D eigenvalue weighted by Gasteiger charge is 2.38. The molecule has 0 spiro atoms. The van der Waals surface area contributed by atoms with Crippen LogP contribution in [-0.2, 0) is 6.54 Å². The van der Waals surface area contributed by atoms with Crippen molar-refractivity contribution < 1.29 is 4.52 Å². The maximum absolute atomic E-state index is 5.27. The van der Waals surface area contributed by atoms with Gasteiger partial charge in [-0.05, 0) is 39.7 Å². The van der Waals surface area contributed by atoms with Crippen LogP contribution in [0.4, 0.5) is 0 Å². The Morgan fingerprint density at radius 2 is 2.06 bits per heavy atom. The molecule has 3 rings (SSSR count). The molecule has 2 aliphatic rings. The van der Waals surface area contributed by atoms with E-state index in [2.05, 4.69) is 27.4 Å². The Hall–Kier alpha value is -0.940. The lowest BCUT2D eigenvalue weighted by Crippen LogP contribution is -2.55. The van der Waals surface area contributed by atoms with E-state index in [0.717, 1.165) is 18.3 Å². The second-order valence-electron chi connectivity index (χ2n) is 5.60. The van der Waals surface area contributed by atoms with Gasteiger partial charge in [0, 0.05) is 18.1 Å². The number of hydrogen-bond acceptors (Lipinski definition) is 5. The van der Waals surface area contributed by atoms with Crippen LogP contribution in [-0.4, -0.2) is 40.2 Å². The maximum atomic E-state index is 5.27. The largest absolute Gasteiger partial charge is 0.338 e. The lowest BCUT2D eigenvalue weighted by atomic mass is 9.82. The Bertz CT molecular complexity index is 391. The average Bonchev–Trinajstić information content (AvgIpc) is 2.74. The highest BCUT2D eigenvalue weighted by molar-refractivity contribution is 4.96. The fourth-order valence-corrected chi connectivity index (χ4v) is 3.53. The number of nitrogens with one attached hydrogen (secondary N) is 1. The quantitative estimate of drug-likeness (QED) is 0.880. The van der Waals surface area contributed by atoms with E-state index >= 15 is 0 Å². The number of rotatable bonds is 3. The molecule has 5 nitrogen and oxygen atoms in total. The number of hydrogen-bond donors (Lipinski definition) is 1. The topological polar surface area (TPSA) is 54.2 Å². The van der Waals surface area contributed by atoms with Gasteiger partial charge in [-0.25, -0.2) is 0 Å². The van der Waals surface area contributed by atoms with Crippen molar-refractivity contribution in [1.29, 1.82) is 0 Å². The molecule has 100 valence electrons. The van der Waals surface area contributed by atoms with Crippen molar-refractivity contribution in [3.8, 4) is 0 Å². The third-order valence-electron chi connectivity index (χ3n) is 4.42. The van der Waals surface area contributed by atoms with Gasteiger partial charge in [-0.2, -0.15) is 4.98 Å². The number of fused-ring (bicyclic) bond motifs is 2. The van der Waals surface area contributed by atoms with E-state index in [4.69, 9.17) is 4.52 Å². The normalized spacial score (nSPS) is 32.7. The van der Waals surface area contributed by atoms with Gasteiger partial charge >= 0.3 is 0 Å². The Morgan fingerprint density at radius 3 is 2.61 bits per heavy atom. The molecular formula is C13H22N4O. The summed E-state index contributed by atoms with van der Waals surface area (Å²) in [5.74, 6) is 1.51. The number of aromatic nitrogens is 2. The van der Waals surface area contributed by atoms with Crippen LogP contribution >= 0.6 is 0 Å². The predicted molar refractivity (Wildman–Crippen MR) is 68.1 cm³/mol. The number of nitrogens with zero attached hydrogens (tertiary/aromatic N) is 3. The minimum Gasteiger partial charge on any atom is -0.338 e. The number of piperidine rings is 2. The second-order valence-corrected chi connectivity index (χ2v) is 5.60. The molecule has 2 unspecified atom stereocenters. The summed E-state index contributed by atoms with van der Waals surface area (Å²) in [6.45, 7) is 2.70. The Morgan fingerprint density at radius 1 is 1.33 bits per heavy atom. The smallest absolute Gasteiger partial charge is 0.240 e. The molecule has 2 aliphatic heterocycles. The van der Waals surface area contributed by atoms with Crippen LogP contribution in [0.3, 0.4) is 0 Å². The van der Waals surface area contributed by atoms with Crippen LogP contribution < -0.4 is 5.32 Å². The molecule has 2 fully saturated rings. The van der Waals surface area contributed by atoms with Gasteiger partial charge in [-0.15, -0.1) is 0 Å². The summed E-state index contributed by atoms with van der Waals surface area (Å²) in [6, 6.07) is 2.05. The van der Waals surface area contributed by atoms with Crippen molar-refractivity contribution in [2.24, 2.45) is 0 Å². The van der Waals surface area contributed by atoms with E-state index in [1.165, 1.54) is 32.1 Å². The van der Waals surface area contributed by atoms with Crippen molar-refractivity contribution in [3.63, 3.8) is 0 Å². The molecule has 1 aromatic rings. The molecule has 18 heavy (non-hydrogen) atoms. The third-order valence-corrected chi connectivity index (χ3v) is 4.42.